The van der Waals surface area contributed by atoms with Crippen LogP contribution >= 0.6 is 22.7 Å². The standard InChI is InChI=1S/C54H36N2S2/c1-3-14-41(15-4-1)55(45-30-32-49-47-18-7-9-20-51(47)57-53(49)35-45)43-26-22-37(23-27-43)39-12-11-13-40(34-39)38-24-28-44(29-25-38)56(42-16-5-2-6-17-42)46-31-33-50-48-19-8-10-21-52(48)58-54(50)36-46/h1-36H. The lowest BCUT2D eigenvalue weighted by Gasteiger charge is -2.26. The molecule has 0 saturated heterocycles. The van der Waals surface area contributed by atoms with Crippen LogP contribution < -0.4 is 9.80 Å². The summed E-state index contributed by atoms with van der Waals surface area (Å²) >= 11 is 3.71. The maximum absolute atomic E-state index is 2.35. The van der Waals surface area contributed by atoms with Gasteiger partial charge in [-0.2, -0.15) is 0 Å². The van der Waals surface area contributed by atoms with Gasteiger partial charge in [0.15, 0.2) is 0 Å². The van der Waals surface area contributed by atoms with Gasteiger partial charge in [-0.25, -0.2) is 0 Å². The third kappa shape index (κ3) is 6.20. The van der Waals surface area contributed by atoms with E-state index >= 15 is 0 Å². The lowest BCUT2D eigenvalue weighted by atomic mass is 9.98. The van der Waals surface area contributed by atoms with Crippen molar-refractivity contribution < 1.29 is 0 Å². The molecule has 4 heteroatoms. The van der Waals surface area contributed by atoms with E-state index in [0.29, 0.717) is 0 Å². The molecule has 2 aromatic heterocycles. The fraction of sp³-hybridized carbons (Fsp3) is 0. The summed E-state index contributed by atoms with van der Waals surface area (Å²) in [5.74, 6) is 0. The fourth-order valence-electron chi connectivity index (χ4n) is 8.24. The molecule has 0 spiro atoms. The van der Waals surface area contributed by atoms with Crippen molar-refractivity contribution in [3.05, 3.63) is 218 Å². The highest BCUT2D eigenvalue weighted by atomic mass is 32.1. The molecule has 0 radical (unpaired) electrons. The van der Waals surface area contributed by atoms with Crippen LogP contribution in [0.4, 0.5) is 34.1 Å². The molecule has 0 bridgehead atoms. The zero-order valence-corrected chi connectivity index (χ0v) is 33.1. The molecule has 274 valence electrons. The smallest absolute Gasteiger partial charge is 0.0476 e. The summed E-state index contributed by atoms with van der Waals surface area (Å²) in [6.07, 6.45) is 0. The Balaban J connectivity index is 0.901. The molecule has 11 aromatic rings. The third-order valence-electron chi connectivity index (χ3n) is 11.1. The van der Waals surface area contributed by atoms with Crippen molar-refractivity contribution >= 4 is 97.1 Å². The molecule has 11 rings (SSSR count). The third-order valence-corrected chi connectivity index (χ3v) is 13.3. The Bertz CT molecular complexity index is 3000. The summed E-state index contributed by atoms with van der Waals surface area (Å²) in [6.45, 7) is 0. The van der Waals surface area contributed by atoms with Crippen molar-refractivity contribution in [3.8, 4) is 22.3 Å². The molecule has 0 unspecified atom stereocenters. The van der Waals surface area contributed by atoms with Crippen LogP contribution in [0.3, 0.4) is 0 Å². The van der Waals surface area contributed by atoms with Crippen molar-refractivity contribution in [2.45, 2.75) is 0 Å². The van der Waals surface area contributed by atoms with Gasteiger partial charge in [0.05, 0.1) is 0 Å². The first-order chi connectivity index (χ1) is 28.7. The minimum absolute atomic E-state index is 1.12. The summed E-state index contributed by atoms with van der Waals surface area (Å²) in [7, 11) is 0. The minimum Gasteiger partial charge on any atom is -0.310 e. The SMILES string of the molecule is c1ccc(N(c2ccc(-c3cccc(-c4ccc(N(c5ccccc5)c5ccc6c(c5)sc5ccccc56)cc4)c3)cc2)c2ccc3c(c2)sc2ccccc23)cc1. The molecule has 0 N–H and O–H groups in total. The number of hydrogen-bond donors (Lipinski definition) is 0. The number of fused-ring (bicyclic) bond motifs is 6. The largest absolute Gasteiger partial charge is 0.310 e. The molecule has 2 heterocycles. The average Bonchev–Trinajstić information content (AvgIpc) is 3.86. The van der Waals surface area contributed by atoms with Crippen molar-refractivity contribution in [2.75, 3.05) is 9.80 Å². The fourth-order valence-corrected chi connectivity index (χ4v) is 10.5. The second-order valence-corrected chi connectivity index (χ2v) is 16.7. The van der Waals surface area contributed by atoms with E-state index < -0.39 is 0 Å². The number of anilines is 6. The number of rotatable bonds is 8. The van der Waals surface area contributed by atoms with Gasteiger partial charge in [-0.3, -0.25) is 0 Å². The normalized spacial score (nSPS) is 11.4. The van der Waals surface area contributed by atoms with Gasteiger partial charge in [0.1, 0.15) is 0 Å². The Morgan fingerprint density at radius 1 is 0.224 bits per heavy atom. The van der Waals surface area contributed by atoms with Gasteiger partial charge >= 0.3 is 0 Å². The summed E-state index contributed by atoms with van der Waals surface area (Å²) in [6, 6.07) is 79.2. The summed E-state index contributed by atoms with van der Waals surface area (Å²) in [4.78, 5) is 4.70. The van der Waals surface area contributed by atoms with E-state index in [1.54, 1.807) is 0 Å². The summed E-state index contributed by atoms with van der Waals surface area (Å²) in [5.41, 5.74) is 11.5. The molecular formula is C54H36N2S2. The Hall–Kier alpha value is -6.98. The van der Waals surface area contributed by atoms with Crippen molar-refractivity contribution in [1.82, 2.24) is 0 Å². The van der Waals surface area contributed by atoms with Crippen LogP contribution in [0.2, 0.25) is 0 Å². The highest BCUT2D eigenvalue weighted by Crippen LogP contribution is 2.43. The molecule has 0 amide bonds. The summed E-state index contributed by atoms with van der Waals surface area (Å²) < 4.78 is 5.22. The van der Waals surface area contributed by atoms with Crippen LogP contribution in [-0.2, 0) is 0 Å². The van der Waals surface area contributed by atoms with E-state index in [2.05, 4.69) is 228 Å². The number of thiophene rings is 2. The zero-order valence-electron chi connectivity index (χ0n) is 31.5. The summed E-state index contributed by atoms with van der Waals surface area (Å²) in [5, 5.41) is 5.25. The van der Waals surface area contributed by atoms with Crippen LogP contribution in [0.15, 0.2) is 218 Å². The number of hydrogen-bond acceptors (Lipinski definition) is 4. The number of nitrogens with zero attached hydrogens (tertiary/aromatic N) is 2. The average molecular weight is 777 g/mol. The first-order valence-electron chi connectivity index (χ1n) is 19.6. The first-order valence-corrected chi connectivity index (χ1v) is 21.2. The molecular weight excluding hydrogens is 741 g/mol. The topological polar surface area (TPSA) is 6.48 Å². The van der Waals surface area contributed by atoms with E-state index in [-0.39, 0.29) is 0 Å². The second-order valence-electron chi connectivity index (χ2n) is 14.6. The lowest BCUT2D eigenvalue weighted by Crippen LogP contribution is -2.09. The highest BCUT2D eigenvalue weighted by molar-refractivity contribution is 7.26. The molecule has 58 heavy (non-hydrogen) atoms. The van der Waals surface area contributed by atoms with Crippen molar-refractivity contribution in [2.24, 2.45) is 0 Å². The zero-order chi connectivity index (χ0) is 38.4. The number of benzene rings is 9. The minimum atomic E-state index is 1.12. The molecule has 0 aliphatic heterocycles. The van der Waals surface area contributed by atoms with Gasteiger partial charge < -0.3 is 9.80 Å². The Morgan fingerprint density at radius 2 is 0.586 bits per heavy atom. The van der Waals surface area contributed by atoms with Gasteiger partial charge in [-0.15, -0.1) is 22.7 Å². The van der Waals surface area contributed by atoms with Crippen LogP contribution in [0.25, 0.3) is 62.6 Å². The maximum Gasteiger partial charge on any atom is 0.0476 e. The van der Waals surface area contributed by atoms with Crippen LogP contribution in [0.1, 0.15) is 0 Å². The van der Waals surface area contributed by atoms with E-state index in [4.69, 9.17) is 0 Å². The van der Waals surface area contributed by atoms with Crippen molar-refractivity contribution in [1.29, 1.82) is 0 Å². The molecule has 0 fully saturated rings. The van der Waals surface area contributed by atoms with Crippen molar-refractivity contribution in [3.63, 3.8) is 0 Å². The van der Waals surface area contributed by atoms with E-state index in [1.807, 2.05) is 22.7 Å². The quantitative estimate of drug-likeness (QED) is 0.152. The molecule has 2 nitrogen and oxygen atoms in total. The monoisotopic (exact) mass is 776 g/mol. The first kappa shape index (κ1) is 34.3. The molecule has 0 aliphatic carbocycles. The van der Waals surface area contributed by atoms with E-state index in [9.17, 15) is 0 Å². The molecule has 0 atom stereocenters. The Morgan fingerprint density at radius 3 is 1.03 bits per heavy atom. The lowest BCUT2D eigenvalue weighted by molar-refractivity contribution is 1.29. The van der Waals surface area contributed by atoms with Gasteiger partial charge in [0.2, 0.25) is 0 Å². The van der Waals surface area contributed by atoms with Crippen LogP contribution in [0, 0.1) is 0 Å². The highest BCUT2D eigenvalue weighted by Gasteiger charge is 2.17. The number of para-hydroxylation sites is 2. The Labute approximate surface area is 345 Å². The molecule has 0 aliphatic rings. The predicted octanol–water partition coefficient (Wildman–Crippen LogP) is 16.7. The van der Waals surface area contributed by atoms with Crippen LogP contribution in [-0.4, -0.2) is 0 Å². The van der Waals surface area contributed by atoms with Gasteiger partial charge in [-0.05, 0) is 113 Å². The molecule has 0 saturated carbocycles. The van der Waals surface area contributed by atoms with Gasteiger partial charge in [-0.1, -0.05) is 127 Å². The second kappa shape index (κ2) is 14.5. The van der Waals surface area contributed by atoms with Crippen LogP contribution in [0.5, 0.6) is 0 Å². The van der Waals surface area contributed by atoms with E-state index in [0.717, 1.165) is 34.1 Å². The Kier molecular flexibility index (Phi) is 8.58. The van der Waals surface area contributed by atoms with E-state index in [1.165, 1.54) is 62.6 Å². The van der Waals surface area contributed by atoms with Gasteiger partial charge in [0, 0.05) is 74.5 Å². The maximum atomic E-state index is 2.35. The molecule has 9 aromatic carbocycles. The van der Waals surface area contributed by atoms with Gasteiger partial charge in [0.25, 0.3) is 0 Å². The predicted molar refractivity (Wildman–Crippen MR) is 252 cm³/mol.